The third-order valence-electron chi connectivity index (χ3n) is 10.1. The van der Waals surface area contributed by atoms with Gasteiger partial charge in [0, 0.05) is 0 Å². The van der Waals surface area contributed by atoms with Crippen LogP contribution in [0.25, 0.3) is 0 Å². The Balaban J connectivity index is 1.26. The normalized spacial score (nSPS) is 56.4. The van der Waals surface area contributed by atoms with Gasteiger partial charge < -0.3 is 0 Å². The molecule has 1 aromatic rings. The van der Waals surface area contributed by atoms with Crippen molar-refractivity contribution < 1.29 is 4.57 Å². The van der Waals surface area contributed by atoms with Gasteiger partial charge in [0.2, 0.25) is 6.33 Å². The highest BCUT2D eigenvalue weighted by Gasteiger charge is 2.60. The minimum Gasteiger partial charge on any atom is -0.231 e. The molecule has 26 heavy (non-hydrogen) atoms. The summed E-state index contributed by atoms with van der Waals surface area (Å²) in [6.07, 6.45) is 25.6. The highest BCUT2D eigenvalue weighted by Crippen LogP contribution is 2.64. The summed E-state index contributed by atoms with van der Waals surface area (Å²) in [5, 5.41) is 0. The summed E-state index contributed by atoms with van der Waals surface area (Å²) in [5.74, 6) is 5.13. The van der Waals surface area contributed by atoms with E-state index in [0.717, 1.165) is 29.6 Å². The van der Waals surface area contributed by atoms with Crippen LogP contribution in [0, 0.1) is 35.0 Å². The van der Waals surface area contributed by atoms with E-state index in [4.69, 9.17) is 0 Å². The molecule has 0 aromatic carbocycles. The second-order valence-corrected chi connectivity index (χ2v) is 12.4. The first-order valence-corrected chi connectivity index (χ1v) is 11.6. The Hall–Kier alpha value is -0.790. The lowest BCUT2D eigenvalue weighted by atomic mass is 9.47. The zero-order valence-electron chi connectivity index (χ0n) is 16.5. The zero-order chi connectivity index (χ0) is 17.1. The fourth-order valence-corrected chi connectivity index (χ4v) is 10.3. The second kappa shape index (κ2) is 4.61. The Labute approximate surface area is 158 Å². The Morgan fingerprint density at radius 3 is 1.92 bits per heavy atom. The van der Waals surface area contributed by atoms with Crippen LogP contribution in [0.5, 0.6) is 0 Å². The fourth-order valence-electron chi connectivity index (χ4n) is 10.3. The lowest BCUT2D eigenvalue weighted by Crippen LogP contribution is -2.64. The smallest absolute Gasteiger partial charge is 0.231 e. The molecule has 9 rings (SSSR count). The van der Waals surface area contributed by atoms with Crippen LogP contribution in [0.3, 0.4) is 0 Å². The molecule has 0 N–H and O–H groups in total. The topological polar surface area (TPSA) is 8.81 Å². The molecule has 8 saturated carbocycles. The monoisotopic (exact) mass is 351 g/mol. The van der Waals surface area contributed by atoms with Crippen molar-refractivity contribution in [2.24, 2.45) is 35.0 Å². The third kappa shape index (κ3) is 1.92. The molecule has 0 amide bonds. The van der Waals surface area contributed by atoms with Gasteiger partial charge in [0.15, 0.2) is 0 Å². The van der Waals surface area contributed by atoms with Crippen LogP contribution in [0.15, 0.2) is 18.7 Å². The maximum Gasteiger partial charge on any atom is 0.244 e. The molecule has 8 fully saturated rings. The molecule has 8 aliphatic rings. The molecule has 2 heteroatoms. The minimum atomic E-state index is 0.465. The predicted octanol–water partition coefficient (Wildman–Crippen LogP) is 5.02. The van der Waals surface area contributed by atoms with Gasteiger partial charge in [0.1, 0.15) is 23.5 Å². The first-order chi connectivity index (χ1) is 12.5. The van der Waals surface area contributed by atoms with E-state index >= 15 is 0 Å². The summed E-state index contributed by atoms with van der Waals surface area (Å²) in [4.78, 5) is 0. The molecule has 0 saturated heterocycles. The number of rotatable bonds is 2. The first-order valence-electron chi connectivity index (χ1n) is 11.6. The molecule has 0 aliphatic heterocycles. The fraction of sp³-hybridized carbons (Fsp3) is 0.875. The maximum atomic E-state index is 2.74. The van der Waals surface area contributed by atoms with Crippen LogP contribution in [0.2, 0.25) is 0 Å². The Bertz CT molecular complexity index is 709. The Morgan fingerprint density at radius 2 is 1.35 bits per heavy atom. The van der Waals surface area contributed by atoms with E-state index in [1.807, 2.05) is 0 Å². The van der Waals surface area contributed by atoms with Crippen LogP contribution < -0.4 is 4.57 Å². The largest absolute Gasteiger partial charge is 0.244 e. The van der Waals surface area contributed by atoms with Crippen LogP contribution in [-0.4, -0.2) is 4.57 Å². The van der Waals surface area contributed by atoms with E-state index in [-0.39, 0.29) is 0 Å². The quantitative estimate of drug-likeness (QED) is 0.662. The molecule has 8 aliphatic carbocycles. The van der Waals surface area contributed by atoms with Crippen molar-refractivity contribution in [3.05, 3.63) is 18.7 Å². The van der Waals surface area contributed by atoms with Gasteiger partial charge in [-0.3, -0.25) is 0 Å². The Kier molecular flexibility index (Phi) is 2.69. The summed E-state index contributed by atoms with van der Waals surface area (Å²) in [7, 11) is 0. The predicted molar refractivity (Wildman–Crippen MR) is 102 cm³/mol. The number of nitrogens with zero attached hydrogens (tertiary/aromatic N) is 2. The lowest BCUT2D eigenvalue weighted by molar-refractivity contribution is -0.776. The van der Waals surface area contributed by atoms with Crippen molar-refractivity contribution in [3.63, 3.8) is 0 Å². The molecular weight excluding hydrogens is 316 g/mol. The van der Waals surface area contributed by atoms with Gasteiger partial charge >= 0.3 is 0 Å². The van der Waals surface area contributed by atoms with Crippen LogP contribution >= 0.6 is 0 Å². The van der Waals surface area contributed by atoms with Gasteiger partial charge in [0.25, 0.3) is 0 Å². The number of imidazole rings is 1. The van der Waals surface area contributed by atoms with E-state index < -0.39 is 0 Å². The third-order valence-corrected chi connectivity index (χ3v) is 10.1. The highest BCUT2D eigenvalue weighted by atomic mass is 15.2. The average molecular weight is 352 g/mol. The standard InChI is InChI=1S/C24H35N2/c1-22-8-20-7-21(9-22)14-24(13-20,15-22)26-3-2-25(16-26)23-10-17-4-18(11-23)6-19(5-17)12-23/h2-3,16-21H,4-15H2,1H3/q+1. The van der Waals surface area contributed by atoms with E-state index in [1.165, 1.54) is 57.8 Å². The summed E-state index contributed by atoms with van der Waals surface area (Å²) in [5.41, 5.74) is 1.60. The van der Waals surface area contributed by atoms with Crippen LogP contribution in [-0.2, 0) is 11.1 Å². The zero-order valence-corrected chi connectivity index (χ0v) is 16.5. The van der Waals surface area contributed by atoms with Crippen LogP contribution in [0.1, 0.15) is 84.0 Å². The molecule has 1 aromatic heterocycles. The highest BCUT2D eigenvalue weighted by molar-refractivity contribution is 5.10. The number of hydrogen-bond acceptors (Lipinski definition) is 0. The van der Waals surface area contributed by atoms with Gasteiger partial charge in [0.05, 0.1) is 0 Å². The summed E-state index contributed by atoms with van der Waals surface area (Å²) < 4.78 is 5.47. The first kappa shape index (κ1) is 15.2. The molecular formula is C24H35N2+. The van der Waals surface area contributed by atoms with Gasteiger partial charge in [-0.25, -0.2) is 9.13 Å². The van der Waals surface area contributed by atoms with E-state index in [1.54, 1.807) is 19.3 Å². The summed E-state index contributed by atoms with van der Waals surface area (Å²) in [6.45, 7) is 2.61. The van der Waals surface area contributed by atoms with E-state index in [2.05, 4.69) is 34.8 Å². The van der Waals surface area contributed by atoms with Crippen molar-refractivity contribution in [1.82, 2.24) is 4.57 Å². The van der Waals surface area contributed by atoms with Gasteiger partial charge in [-0.15, -0.1) is 0 Å². The van der Waals surface area contributed by atoms with Crippen molar-refractivity contribution in [1.29, 1.82) is 0 Å². The molecule has 8 bridgehead atoms. The molecule has 140 valence electrons. The van der Waals surface area contributed by atoms with Crippen molar-refractivity contribution in [2.75, 3.05) is 0 Å². The van der Waals surface area contributed by atoms with Gasteiger partial charge in [-0.2, -0.15) is 0 Å². The van der Waals surface area contributed by atoms with Gasteiger partial charge in [-0.05, 0) is 112 Å². The minimum absolute atomic E-state index is 0.465. The van der Waals surface area contributed by atoms with Crippen molar-refractivity contribution in [3.8, 4) is 0 Å². The second-order valence-electron chi connectivity index (χ2n) is 12.4. The molecule has 0 radical (unpaired) electrons. The van der Waals surface area contributed by atoms with Crippen LogP contribution in [0.4, 0.5) is 0 Å². The van der Waals surface area contributed by atoms with Crippen molar-refractivity contribution in [2.45, 2.75) is 95.1 Å². The van der Waals surface area contributed by atoms with E-state index in [9.17, 15) is 0 Å². The Morgan fingerprint density at radius 1 is 0.769 bits per heavy atom. The lowest BCUT2D eigenvalue weighted by Gasteiger charge is -2.59. The molecule has 0 spiro atoms. The average Bonchev–Trinajstić information content (AvgIpc) is 3.02. The number of hydrogen-bond donors (Lipinski definition) is 0. The van der Waals surface area contributed by atoms with Crippen molar-refractivity contribution >= 4 is 0 Å². The summed E-state index contributed by atoms with van der Waals surface area (Å²) >= 11 is 0. The molecule has 2 unspecified atom stereocenters. The number of aromatic nitrogens is 2. The molecule has 1 heterocycles. The van der Waals surface area contributed by atoms with E-state index in [0.29, 0.717) is 16.5 Å². The van der Waals surface area contributed by atoms with Gasteiger partial charge in [-0.1, -0.05) is 6.92 Å². The summed E-state index contributed by atoms with van der Waals surface area (Å²) in [6, 6.07) is 0. The SMILES string of the molecule is CC12CC3CC(C1)CC(n1cc[n+](C45CC6CC(CC(C6)C4)C5)c1)(C3)C2. The maximum absolute atomic E-state index is 2.74. The molecule has 2 nitrogen and oxygen atoms in total. The molecule has 2 atom stereocenters.